The van der Waals surface area contributed by atoms with Crippen LogP contribution in [0.1, 0.15) is 0 Å². The van der Waals surface area contributed by atoms with Gasteiger partial charge in [0.05, 0.1) is 21.3 Å². The summed E-state index contributed by atoms with van der Waals surface area (Å²) in [7, 11) is 4.88. The summed E-state index contributed by atoms with van der Waals surface area (Å²) in [5.41, 5.74) is 1.07. The fourth-order valence-corrected chi connectivity index (χ4v) is 3.15. The zero-order valence-corrected chi connectivity index (χ0v) is 15.1. The van der Waals surface area contributed by atoms with Crippen LogP contribution in [-0.4, -0.2) is 63.0 Å². The minimum atomic E-state index is 0.621. The van der Waals surface area contributed by atoms with Gasteiger partial charge in [0.15, 0.2) is 11.5 Å². The van der Waals surface area contributed by atoms with Crippen LogP contribution in [0.15, 0.2) is 12.1 Å². The van der Waals surface area contributed by atoms with Crippen LogP contribution in [0.3, 0.4) is 0 Å². The standard InChI is InChI=1S/C15H22N2O3S2/c1-18-12-9-11(10-13(19-2)14(12)20-3)16-5-7-17(8-6-16)15(21)22-4/h9-10H,5-8H2,1-4H3. The first kappa shape index (κ1) is 17.0. The van der Waals surface area contributed by atoms with Crippen LogP contribution >= 0.6 is 24.0 Å². The molecule has 0 N–H and O–H groups in total. The van der Waals surface area contributed by atoms with Gasteiger partial charge in [-0.25, -0.2) is 0 Å². The van der Waals surface area contributed by atoms with Crippen LogP contribution < -0.4 is 19.1 Å². The normalized spacial score (nSPS) is 14.7. The SMILES string of the molecule is COc1cc(N2CCN(C(=S)SC)CC2)cc(OC)c1OC. The van der Waals surface area contributed by atoms with Gasteiger partial charge in [-0.3, -0.25) is 0 Å². The Bertz CT molecular complexity index is 507. The molecule has 7 heteroatoms. The van der Waals surface area contributed by atoms with E-state index in [1.165, 1.54) is 0 Å². The second-order valence-electron chi connectivity index (χ2n) is 4.83. The second-order valence-corrected chi connectivity index (χ2v) is 6.27. The lowest BCUT2D eigenvalue weighted by atomic mass is 10.2. The molecule has 0 radical (unpaired) electrons. The number of nitrogens with zero attached hydrogens (tertiary/aromatic N) is 2. The number of rotatable bonds is 4. The summed E-state index contributed by atoms with van der Waals surface area (Å²) in [6.45, 7) is 3.69. The van der Waals surface area contributed by atoms with Crippen LogP contribution in [-0.2, 0) is 0 Å². The van der Waals surface area contributed by atoms with Gasteiger partial charge in [0.2, 0.25) is 5.75 Å². The third kappa shape index (κ3) is 3.52. The molecule has 0 bridgehead atoms. The van der Waals surface area contributed by atoms with Gasteiger partial charge in [0, 0.05) is 44.0 Å². The fraction of sp³-hybridized carbons (Fsp3) is 0.533. The number of thiocarbonyl (C=S) groups is 1. The summed E-state index contributed by atoms with van der Waals surface area (Å²) in [5.74, 6) is 1.98. The smallest absolute Gasteiger partial charge is 0.203 e. The second kappa shape index (κ2) is 7.78. The Morgan fingerprint density at radius 2 is 1.55 bits per heavy atom. The molecule has 1 aromatic rings. The van der Waals surface area contributed by atoms with Crippen LogP contribution in [0.5, 0.6) is 17.2 Å². The highest BCUT2D eigenvalue weighted by Crippen LogP contribution is 2.41. The van der Waals surface area contributed by atoms with Crippen LogP contribution in [0, 0.1) is 0 Å². The number of piperazine rings is 1. The average molecular weight is 342 g/mol. The number of benzene rings is 1. The molecule has 0 atom stereocenters. The summed E-state index contributed by atoms with van der Waals surface area (Å²) >= 11 is 6.98. The molecule has 22 heavy (non-hydrogen) atoms. The average Bonchev–Trinajstić information content (AvgIpc) is 2.59. The molecular weight excluding hydrogens is 320 g/mol. The summed E-state index contributed by atoms with van der Waals surface area (Å²) in [5, 5.41) is 0. The van der Waals surface area contributed by atoms with E-state index < -0.39 is 0 Å². The van der Waals surface area contributed by atoms with E-state index in [1.807, 2.05) is 18.4 Å². The van der Waals surface area contributed by atoms with Crippen molar-refractivity contribution in [2.24, 2.45) is 0 Å². The lowest BCUT2D eigenvalue weighted by Gasteiger charge is -2.37. The molecule has 0 unspecified atom stereocenters. The fourth-order valence-electron chi connectivity index (χ4n) is 2.53. The third-order valence-corrected chi connectivity index (χ3v) is 5.09. The van der Waals surface area contributed by atoms with Gasteiger partial charge < -0.3 is 24.0 Å². The monoisotopic (exact) mass is 342 g/mol. The van der Waals surface area contributed by atoms with Crippen molar-refractivity contribution in [2.75, 3.05) is 58.7 Å². The van der Waals surface area contributed by atoms with E-state index >= 15 is 0 Å². The first-order valence-corrected chi connectivity index (χ1v) is 8.65. The van der Waals surface area contributed by atoms with E-state index in [-0.39, 0.29) is 0 Å². The minimum Gasteiger partial charge on any atom is -0.493 e. The molecule has 122 valence electrons. The number of thioether (sulfide) groups is 1. The van der Waals surface area contributed by atoms with Crippen molar-refractivity contribution in [1.29, 1.82) is 0 Å². The van der Waals surface area contributed by atoms with Crippen molar-refractivity contribution in [3.8, 4) is 17.2 Å². The Kier molecular flexibility index (Phi) is 6.02. The summed E-state index contributed by atoms with van der Waals surface area (Å²) in [6, 6.07) is 3.98. The van der Waals surface area contributed by atoms with Crippen molar-refractivity contribution >= 4 is 34.0 Å². The van der Waals surface area contributed by atoms with Gasteiger partial charge in [-0.1, -0.05) is 12.2 Å². The highest BCUT2D eigenvalue weighted by atomic mass is 32.2. The quantitative estimate of drug-likeness (QED) is 0.778. The van der Waals surface area contributed by atoms with Gasteiger partial charge in [0.25, 0.3) is 0 Å². The molecule has 2 rings (SSSR count). The summed E-state index contributed by atoms with van der Waals surface area (Å²) in [4.78, 5) is 4.55. The van der Waals surface area contributed by atoms with Crippen molar-refractivity contribution in [3.05, 3.63) is 12.1 Å². The molecular formula is C15H22N2O3S2. The Morgan fingerprint density at radius 1 is 1.00 bits per heavy atom. The number of hydrogen-bond acceptors (Lipinski definition) is 6. The van der Waals surface area contributed by atoms with Crippen LogP contribution in [0.2, 0.25) is 0 Å². The lowest BCUT2D eigenvalue weighted by molar-refractivity contribution is 0.324. The maximum atomic E-state index is 5.42. The largest absolute Gasteiger partial charge is 0.493 e. The minimum absolute atomic E-state index is 0.621. The van der Waals surface area contributed by atoms with Gasteiger partial charge >= 0.3 is 0 Å². The highest BCUT2D eigenvalue weighted by molar-refractivity contribution is 8.22. The maximum Gasteiger partial charge on any atom is 0.203 e. The molecule has 1 fully saturated rings. The Balaban J connectivity index is 2.18. The van der Waals surface area contributed by atoms with Gasteiger partial charge in [-0.15, -0.1) is 11.8 Å². The highest BCUT2D eigenvalue weighted by Gasteiger charge is 2.21. The van der Waals surface area contributed by atoms with Crippen molar-refractivity contribution in [1.82, 2.24) is 4.90 Å². The van der Waals surface area contributed by atoms with E-state index in [2.05, 4.69) is 9.80 Å². The molecule has 0 spiro atoms. The Labute approximate surface area is 141 Å². The molecule has 0 amide bonds. The van der Waals surface area contributed by atoms with E-state index in [0.717, 1.165) is 36.2 Å². The van der Waals surface area contributed by atoms with E-state index in [9.17, 15) is 0 Å². The molecule has 1 heterocycles. The van der Waals surface area contributed by atoms with Gasteiger partial charge in [-0.2, -0.15) is 0 Å². The summed E-state index contributed by atoms with van der Waals surface area (Å²) < 4.78 is 17.2. The first-order valence-electron chi connectivity index (χ1n) is 7.02. The topological polar surface area (TPSA) is 34.2 Å². The van der Waals surface area contributed by atoms with E-state index in [0.29, 0.717) is 17.2 Å². The molecule has 1 aromatic carbocycles. The third-order valence-electron chi connectivity index (χ3n) is 3.73. The lowest BCUT2D eigenvalue weighted by Crippen LogP contribution is -2.47. The van der Waals surface area contributed by atoms with Crippen LogP contribution in [0.25, 0.3) is 0 Å². The van der Waals surface area contributed by atoms with Crippen molar-refractivity contribution < 1.29 is 14.2 Å². The number of hydrogen-bond donors (Lipinski definition) is 0. The number of methoxy groups -OCH3 is 3. The Morgan fingerprint density at radius 3 is 1.95 bits per heavy atom. The maximum absolute atomic E-state index is 5.42. The van der Waals surface area contributed by atoms with E-state index in [1.54, 1.807) is 33.1 Å². The number of anilines is 1. The first-order chi connectivity index (χ1) is 10.6. The zero-order chi connectivity index (χ0) is 16.1. The summed E-state index contributed by atoms with van der Waals surface area (Å²) in [6.07, 6.45) is 2.02. The van der Waals surface area contributed by atoms with Gasteiger partial charge in [-0.05, 0) is 6.26 Å². The molecule has 0 aliphatic carbocycles. The van der Waals surface area contributed by atoms with Crippen molar-refractivity contribution in [3.63, 3.8) is 0 Å². The van der Waals surface area contributed by atoms with Gasteiger partial charge in [0.1, 0.15) is 4.32 Å². The zero-order valence-electron chi connectivity index (χ0n) is 13.4. The molecule has 1 saturated heterocycles. The Hall–Kier alpha value is -1.34. The molecule has 5 nitrogen and oxygen atoms in total. The van der Waals surface area contributed by atoms with Crippen LogP contribution in [0.4, 0.5) is 5.69 Å². The van der Waals surface area contributed by atoms with E-state index in [4.69, 9.17) is 26.4 Å². The molecule has 0 aromatic heterocycles. The molecule has 1 aliphatic rings. The predicted molar refractivity (Wildman–Crippen MR) is 96.0 cm³/mol. The van der Waals surface area contributed by atoms with Crippen molar-refractivity contribution in [2.45, 2.75) is 0 Å². The predicted octanol–water partition coefficient (Wildman–Crippen LogP) is 2.48. The molecule has 1 aliphatic heterocycles. The molecule has 0 saturated carbocycles. The number of ether oxygens (including phenoxy) is 3.